The van der Waals surface area contributed by atoms with Gasteiger partial charge in [-0.2, -0.15) is 0 Å². The van der Waals surface area contributed by atoms with Gasteiger partial charge in [0.25, 0.3) is 0 Å². The summed E-state index contributed by atoms with van der Waals surface area (Å²) in [5.74, 6) is 0.433. The zero-order valence-electron chi connectivity index (χ0n) is 11.6. The van der Waals surface area contributed by atoms with Gasteiger partial charge in [-0.3, -0.25) is 4.79 Å². The standard InChI is InChI=1S/C17H20O2/c1-12-6-8-13(9-7-12)14-4-3-5-15-17(2,10-14)11-16(18)19-15/h3,5-9,14-15H,4,10-11H2,1-2H3/t14?,15-,17-/m0/s1. The maximum Gasteiger partial charge on any atom is 0.307 e. The first-order valence-corrected chi connectivity index (χ1v) is 6.99. The molecule has 0 amide bonds. The van der Waals surface area contributed by atoms with Crippen LogP contribution in [0.3, 0.4) is 0 Å². The van der Waals surface area contributed by atoms with Gasteiger partial charge >= 0.3 is 5.97 Å². The van der Waals surface area contributed by atoms with E-state index < -0.39 is 0 Å². The van der Waals surface area contributed by atoms with Crippen molar-refractivity contribution in [2.24, 2.45) is 5.41 Å². The van der Waals surface area contributed by atoms with E-state index in [0.717, 1.165) is 12.8 Å². The average Bonchev–Trinajstić information content (AvgIpc) is 2.54. The van der Waals surface area contributed by atoms with Crippen LogP contribution in [0.2, 0.25) is 0 Å². The van der Waals surface area contributed by atoms with Crippen LogP contribution in [0.25, 0.3) is 0 Å². The van der Waals surface area contributed by atoms with Gasteiger partial charge in [-0.25, -0.2) is 0 Å². The topological polar surface area (TPSA) is 26.3 Å². The Labute approximate surface area is 114 Å². The van der Waals surface area contributed by atoms with Crippen LogP contribution in [0.15, 0.2) is 36.4 Å². The van der Waals surface area contributed by atoms with Crippen LogP contribution in [0.5, 0.6) is 0 Å². The number of hydrogen-bond donors (Lipinski definition) is 0. The van der Waals surface area contributed by atoms with Gasteiger partial charge in [-0.15, -0.1) is 0 Å². The molecule has 2 nitrogen and oxygen atoms in total. The number of fused-ring (bicyclic) bond motifs is 1. The molecule has 1 aliphatic heterocycles. The Balaban J connectivity index is 1.87. The van der Waals surface area contributed by atoms with E-state index in [4.69, 9.17) is 4.74 Å². The summed E-state index contributed by atoms with van der Waals surface area (Å²) in [6.45, 7) is 4.29. The Morgan fingerprint density at radius 2 is 2.00 bits per heavy atom. The molecule has 0 saturated carbocycles. The van der Waals surface area contributed by atoms with Crippen molar-refractivity contribution in [1.82, 2.24) is 0 Å². The highest BCUT2D eigenvalue weighted by Crippen LogP contribution is 2.46. The largest absolute Gasteiger partial charge is 0.457 e. The fourth-order valence-electron chi connectivity index (χ4n) is 3.32. The second-order valence-corrected chi connectivity index (χ2v) is 6.22. The minimum Gasteiger partial charge on any atom is -0.457 e. The van der Waals surface area contributed by atoms with Gasteiger partial charge in [0.1, 0.15) is 6.10 Å². The fourth-order valence-corrected chi connectivity index (χ4v) is 3.32. The number of rotatable bonds is 1. The van der Waals surface area contributed by atoms with E-state index in [1.54, 1.807) is 0 Å². The smallest absolute Gasteiger partial charge is 0.307 e. The van der Waals surface area contributed by atoms with Gasteiger partial charge in [-0.1, -0.05) is 42.8 Å². The van der Waals surface area contributed by atoms with Crippen LogP contribution in [-0.2, 0) is 9.53 Å². The van der Waals surface area contributed by atoms with Gasteiger partial charge in [0.2, 0.25) is 0 Å². The summed E-state index contributed by atoms with van der Waals surface area (Å²) in [5, 5.41) is 0. The van der Waals surface area contributed by atoms with Crippen LogP contribution < -0.4 is 0 Å². The normalized spacial score (nSPS) is 33.7. The minimum absolute atomic E-state index is 0.0320. The molecule has 0 aromatic heterocycles. The quantitative estimate of drug-likeness (QED) is 0.565. The molecule has 2 heteroatoms. The number of carbonyl (C=O) groups excluding carboxylic acids is 1. The summed E-state index contributed by atoms with van der Waals surface area (Å²) in [7, 11) is 0. The van der Waals surface area contributed by atoms with E-state index >= 15 is 0 Å². The van der Waals surface area contributed by atoms with Crippen molar-refractivity contribution in [2.75, 3.05) is 0 Å². The first kappa shape index (κ1) is 12.5. The van der Waals surface area contributed by atoms with E-state index in [2.05, 4.69) is 50.3 Å². The van der Waals surface area contributed by atoms with E-state index in [0.29, 0.717) is 12.3 Å². The van der Waals surface area contributed by atoms with Gasteiger partial charge in [0, 0.05) is 5.41 Å². The van der Waals surface area contributed by atoms with Crippen LogP contribution in [-0.4, -0.2) is 12.1 Å². The Hall–Kier alpha value is -1.57. The second-order valence-electron chi connectivity index (χ2n) is 6.22. The lowest BCUT2D eigenvalue weighted by Crippen LogP contribution is -2.26. The lowest BCUT2D eigenvalue weighted by Gasteiger charge is -2.28. The Morgan fingerprint density at radius 1 is 1.26 bits per heavy atom. The van der Waals surface area contributed by atoms with E-state index in [-0.39, 0.29) is 17.5 Å². The van der Waals surface area contributed by atoms with Crippen molar-refractivity contribution in [3.63, 3.8) is 0 Å². The first-order chi connectivity index (χ1) is 9.07. The molecule has 1 saturated heterocycles. The predicted molar refractivity (Wildman–Crippen MR) is 74.9 cm³/mol. The monoisotopic (exact) mass is 256 g/mol. The minimum atomic E-state index is -0.0540. The Bertz CT molecular complexity index is 515. The molecular formula is C17H20O2. The van der Waals surface area contributed by atoms with Crippen molar-refractivity contribution in [3.8, 4) is 0 Å². The van der Waals surface area contributed by atoms with Crippen molar-refractivity contribution in [1.29, 1.82) is 0 Å². The van der Waals surface area contributed by atoms with Crippen LogP contribution >= 0.6 is 0 Å². The molecule has 1 aliphatic carbocycles. The van der Waals surface area contributed by atoms with Gasteiger partial charge in [0.15, 0.2) is 0 Å². The lowest BCUT2D eigenvalue weighted by molar-refractivity contribution is -0.140. The third kappa shape index (κ3) is 2.32. The molecule has 1 unspecified atom stereocenters. The molecule has 19 heavy (non-hydrogen) atoms. The maximum atomic E-state index is 11.6. The summed E-state index contributed by atoms with van der Waals surface area (Å²) in [5.41, 5.74) is 2.62. The van der Waals surface area contributed by atoms with Crippen molar-refractivity contribution in [3.05, 3.63) is 47.5 Å². The molecule has 0 radical (unpaired) electrons. The van der Waals surface area contributed by atoms with Crippen molar-refractivity contribution < 1.29 is 9.53 Å². The molecule has 2 aliphatic rings. The van der Waals surface area contributed by atoms with E-state index in [1.165, 1.54) is 11.1 Å². The Kier molecular flexibility index (Phi) is 2.96. The third-order valence-electron chi connectivity index (χ3n) is 4.49. The summed E-state index contributed by atoms with van der Waals surface area (Å²) < 4.78 is 5.43. The number of aryl methyl sites for hydroxylation is 1. The number of ether oxygens (including phenoxy) is 1. The molecule has 100 valence electrons. The zero-order chi connectivity index (χ0) is 13.5. The average molecular weight is 256 g/mol. The molecule has 3 atom stereocenters. The van der Waals surface area contributed by atoms with E-state index in [1.807, 2.05) is 0 Å². The fraction of sp³-hybridized carbons (Fsp3) is 0.471. The molecule has 0 bridgehead atoms. The second kappa shape index (κ2) is 4.52. The number of esters is 1. The predicted octanol–water partition coefficient (Wildman–Crippen LogP) is 3.75. The zero-order valence-corrected chi connectivity index (χ0v) is 11.6. The molecule has 0 N–H and O–H groups in total. The number of hydrogen-bond acceptors (Lipinski definition) is 2. The number of benzene rings is 1. The highest BCUT2D eigenvalue weighted by molar-refractivity contribution is 5.73. The van der Waals surface area contributed by atoms with Crippen LogP contribution in [0.1, 0.15) is 43.2 Å². The molecule has 0 spiro atoms. The summed E-state index contributed by atoms with van der Waals surface area (Å²) in [6, 6.07) is 8.77. The molecule has 3 rings (SSSR count). The molecule has 1 aromatic carbocycles. The maximum absolute atomic E-state index is 11.6. The number of allylic oxidation sites excluding steroid dienone is 1. The molecule has 1 heterocycles. The van der Waals surface area contributed by atoms with E-state index in [9.17, 15) is 4.79 Å². The van der Waals surface area contributed by atoms with Crippen LogP contribution in [0.4, 0.5) is 0 Å². The van der Waals surface area contributed by atoms with Crippen molar-refractivity contribution >= 4 is 5.97 Å². The first-order valence-electron chi connectivity index (χ1n) is 6.99. The molecule has 1 fully saturated rings. The van der Waals surface area contributed by atoms with Crippen molar-refractivity contribution in [2.45, 2.75) is 45.1 Å². The summed E-state index contributed by atoms with van der Waals surface area (Å²) in [6.07, 6.45) is 6.82. The highest BCUT2D eigenvalue weighted by atomic mass is 16.6. The van der Waals surface area contributed by atoms with Gasteiger partial charge < -0.3 is 4.74 Å². The highest BCUT2D eigenvalue weighted by Gasteiger charge is 2.46. The van der Waals surface area contributed by atoms with Gasteiger partial charge in [0.05, 0.1) is 6.42 Å². The lowest BCUT2D eigenvalue weighted by atomic mass is 9.74. The SMILES string of the molecule is Cc1ccc(C2CC=C[C@@H]3OC(=O)C[C@]3(C)C2)cc1. The third-order valence-corrected chi connectivity index (χ3v) is 4.49. The number of carbonyl (C=O) groups is 1. The molecular weight excluding hydrogens is 236 g/mol. The Morgan fingerprint density at radius 3 is 2.74 bits per heavy atom. The summed E-state index contributed by atoms with van der Waals surface area (Å²) in [4.78, 5) is 11.6. The molecule has 1 aromatic rings. The van der Waals surface area contributed by atoms with Crippen LogP contribution in [0, 0.1) is 12.3 Å². The summed E-state index contributed by atoms with van der Waals surface area (Å²) >= 11 is 0. The van der Waals surface area contributed by atoms with Gasteiger partial charge in [-0.05, 0) is 37.3 Å².